The molecule has 3 aromatic rings. The van der Waals surface area contributed by atoms with Gasteiger partial charge >= 0.3 is 0 Å². The van der Waals surface area contributed by atoms with Crippen LogP contribution in [0.15, 0.2) is 71.7 Å². The van der Waals surface area contributed by atoms with Gasteiger partial charge in [-0.1, -0.05) is 48.5 Å². The van der Waals surface area contributed by atoms with Gasteiger partial charge in [0.05, 0.1) is 11.4 Å². The summed E-state index contributed by atoms with van der Waals surface area (Å²) in [6.07, 6.45) is 0. The molecule has 0 fully saturated rings. The Bertz CT molecular complexity index is 896. The van der Waals surface area contributed by atoms with Gasteiger partial charge in [-0.15, -0.1) is 0 Å². The Kier molecular flexibility index (Phi) is 2.57. The van der Waals surface area contributed by atoms with Crippen LogP contribution in [0.1, 0.15) is 5.56 Å². The largest absolute Gasteiger partial charge is 0.320 e. The lowest BCUT2D eigenvalue weighted by molar-refractivity contribution is -0.110. The van der Waals surface area contributed by atoms with E-state index in [0.29, 0.717) is 5.71 Å². The van der Waals surface area contributed by atoms with Gasteiger partial charge in [0.25, 0.3) is 5.91 Å². The van der Waals surface area contributed by atoms with Crippen molar-refractivity contribution in [3.05, 3.63) is 72.3 Å². The summed E-state index contributed by atoms with van der Waals surface area (Å²) in [5, 5.41) is 5.12. The number of anilines is 1. The lowest BCUT2D eigenvalue weighted by atomic mass is 10.1. The molecule has 100 valence electrons. The smallest absolute Gasteiger partial charge is 0.275 e. The third-order valence-electron chi connectivity index (χ3n) is 3.62. The van der Waals surface area contributed by atoms with Crippen molar-refractivity contribution in [2.24, 2.45) is 4.99 Å². The molecule has 0 saturated heterocycles. The summed E-state index contributed by atoms with van der Waals surface area (Å²) < 4.78 is 0. The second kappa shape index (κ2) is 4.56. The van der Waals surface area contributed by atoms with Crippen LogP contribution in [0.2, 0.25) is 0 Å². The number of nitrogens with zero attached hydrogens (tertiary/aromatic N) is 1. The minimum Gasteiger partial charge on any atom is -0.320 e. The molecule has 4 rings (SSSR count). The first-order chi connectivity index (χ1) is 10.3. The first-order valence-electron chi connectivity index (χ1n) is 6.79. The van der Waals surface area contributed by atoms with Crippen LogP contribution in [0, 0.1) is 0 Å². The Hall–Kier alpha value is -2.94. The molecule has 1 heterocycles. The fourth-order valence-electron chi connectivity index (χ4n) is 2.59. The predicted molar refractivity (Wildman–Crippen MR) is 85.2 cm³/mol. The van der Waals surface area contributed by atoms with Crippen LogP contribution in [-0.2, 0) is 4.79 Å². The number of carbonyl (C=O) groups is 1. The molecule has 0 aliphatic carbocycles. The van der Waals surface area contributed by atoms with E-state index in [1.54, 1.807) is 0 Å². The highest BCUT2D eigenvalue weighted by atomic mass is 16.2. The first-order valence-corrected chi connectivity index (χ1v) is 6.79. The van der Waals surface area contributed by atoms with Gasteiger partial charge in [0.15, 0.2) is 0 Å². The van der Waals surface area contributed by atoms with E-state index in [4.69, 9.17) is 0 Å². The maximum Gasteiger partial charge on any atom is 0.275 e. The van der Waals surface area contributed by atoms with Crippen molar-refractivity contribution in [1.29, 1.82) is 0 Å². The summed E-state index contributed by atoms with van der Waals surface area (Å²) in [5.74, 6) is -0.149. The van der Waals surface area contributed by atoms with E-state index in [-0.39, 0.29) is 5.91 Å². The molecule has 1 amide bonds. The number of rotatable bonds is 1. The Morgan fingerprint density at radius 3 is 2.48 bits per heavy atom. The number of hydrogen-bond acceptors (Lipinski definition) is 2. The highest BCUT2D eigenvalue weighted by Gasteiger charge is 2.25. The standard InChI is InChI=1S/C18H12N2O/c21-18-17(15-7-3-4-8-16(15)20-18)19-14-10-9-12-5-1-2-6-13(12)11-14/h1-11H,(H,19,20,21). The second-order valence-corrected chi connectivity index (χ2v) is 4.99. The number of amides is 1. The van der Waals surface area contributed by atoms with Crippen molar-refractivity contribution < 1.29 is 4.79 Å². The summed E-state index contributed by atoms with van der Waals surface area (Å²) in [6, 6.07) is 21.7. The van der Waals surface area contributed by atoms with Crippen molar-refractivity contribution in [3.63, 3.8) is 0 Å². The molecule has 0 radical (unpaired) electrons. The molecule has 0 aromatic heterocycles. The Labute approximate surface area is 122 Å². The van der Waals surface area contributed by atoms with E-state index in [2.05, 4.69) is 16.4 Å². The summed E-state index contributed by atoms with van der Waals surface area (Å²) in [4.78, 5) is 16.6. The highest BCUT2D eigenvalue weighted by Crippen LogP contribution is 2.27. The van der Waals surface area contributed by atoms with Crippen molar-refractivity contribution in [2.45, 2.75) is 0 Å². The Morgan fingerprint density at radius 2 is 1.57 bits per heavy atom. The average Bonchev–Trinajstić information content (AvgIpc) is 2.83. The van der Waals surface area contributed by atoms with Gasteiger partial charge in [-0.3, -0.25) is 4.79 Å². The van der Waals surface area contributed by atoms with E-state index in [1.807, 2.05) is 60.7 Å². The van der Waals surface area contributed by atoms with Gasteiger partial charge < -0.3 is 5.32 Å². The number of carbonyl (C=O) groups excluding carboxylic acids is 1. The molecule has 1 N–H and O–H groups in total. The maximum absolute atomic E-state index is 12.1. The molecule has 3 aromatic carbocycles. The average molecular weight is 272 g/mol. The Morgan fingerprint density at radius 1 is 0.810 bits per heavy atom. The molecular weight excluding hydrogens is 260 g/mol. The molecule has 0 saturated carbocycles. The van der Waals surface area contributed by atoms with Gasteiger partial charge in [0.2, 0.25) is 0 Å². The first kappa shape index (κ1) is 11.9. The molecule has 1 aliphatic rings. The van der Waals surface area contributed by atoms with Crippen LogP contribution in [0.3, 0.4) is 0 Å². The van der Waals surface area contributed by atoms with Gasteiger partial charge in [-0.2, -0.15) is 0 Å². The Balaban J connectivity index is 1.84. The molecule has 0 atom stereocenters. The highest BCUT2D eigenvalue weighted by molar-refractivity contribution is 6.54. The number of benzene rings is 3. The summed E-state index contributed by atoms with van der Waals surface area (Å²) >= 11 is 0. The lowest BCUT2D eigenvalue weighted by Gasteiger charge is -2.01. The molecule has 0 unspecified atom stereocenters. The summed E-state index contributed by atoms with van der Waals surface area (Å²) in [5.41, 5.74) is 2.94. The minimum atomic E-state index is -0.149. The van der Waals surface area contributed by atoms with E-state index in [1.165, 1.54) is 0 Å². The third-order valence-corrected chi connectivity index (χ3v) is 3.62. The molecule has 0 bridgehead atoms. The number of aliphatic imine (C=N–C) groups is 1. The van der Waals surface area contributed by atoms with Crippen molar-refractivity contribution >= 4 is 33.8 Å². The van der Waals surface area contributed by atoms with Crippen LogP contribution in [0.25, 0.3) is 10.8 Å². The van der Waals surface area contributed by atoms with Crippen LogP contribution in [-0.4, -0.2) is 11.6 Å². The van der Waals surface area contributed by atoms with E-state index in [0.717, 1.165) is 27.7 Å². The van der Waals surface area contributed by atoms with Gasteiger partial charge in [0, 0.05) is 5.56 Å². The topological polar surface area (TPSA) is 41.5 Å². The normalized spacial score (nSPS) is 15.2. The fourth-order valence-corrected chi connectivity index (χ4v) is 2.59. The van der Waals surface area contributed by atoms with E-state index in [9.17, 15) is 4.79 Å². The minimum absolute atomic E-state index is 0.149. The predicted octanol–water partition coefficient (Wildman–Crippen LogP) is 3.91. The van der Waals surface area contributed by atoms with E-state index < -0.39 is 0 Å². The summed E-state index contributed by atoms with van der Waals surface area (Å²) in [7, 11) is 0. The zero-order valence-corrected chi connectivity index (χ0v) is 11.2. The number of nitrogens with one attached hydrogen (secondary N) is 1. The number of para-hydroxylation sites is 1. The summed E-state index contributed by atoms with van der Waals surface area (Å²) in [6.45, 7) is 0. The fraction of sp³-hybridized carbons (Fsp3) is 0. The maximum atomic E-state index is 12.1. The quantitative estimate of drug-likeness (QED) is 0.717. The van der Waals surface area contributed by atoms with Crippen molar-refractivity contribution in [3.8, 4) is 0 Å². The van der Waals surface area contributed by atoms with Crippen LogP contribution < -0.4 is 5.32 Å². The van der Waals surface area contributed by atoms with Crippen LogP contribution in [0.5, 0.6) is 0 Å². The van der Waals surface area contributed by atoms with Gasteiger partial charge in [-0.25, -0.2) is 4.99 Å². The van der Waals surface area contributed by atoms with Crippen LogP contribution >= 0.6 is 0 Å². The monoisotopic (exact) mass is 272 g/mol. The number of fused-ring (bicyclic) bond motifs is 2. The van der Waals surface area contributed by atoms with Crippen molar-refractivity contribution in [1.82, 2.24) is 0 Å². The molecule has 3 heteroatoms. The lowest BCUT2D eigenvalue weighted by Crippen LogP contribution is -2.13. The second-order valence-electron chi connectivity index (χ2n) is 4.99. The molecule has 0 spiro atoms. The zero-order valence-electron chi connectivity index (χ0n) is 11.2. The molecule has 3 nitrogen and oxygen atoms in total. The molecule has 21 heavy (non-hydrogen) atoms. The zero-order chi connectivity index (χ0) is 14.2. The van der Waals surface area contributed by atoms with E-state index >= 15 is 0 Å². The van der Waals surface area contributed by atoms with Crippen molar-refractivity contribution in [2.75, 3.05) is 5.32 Å². The SMILES string of the molecule is O=C1Nc2ccccc2C1=Nc1ccc2ccccc2c1. The molecule has 1 aliphatic heterocycles. The third kappa shape index (κ3) is 1.99. The van der Waals surface area contributed by atoms with Gasteiger partial charge in [-0.05, 0) is 29.0 Å². The van der Waals surface area contributed by atoms with Crippen LogP contribution in [0.4, 0.5) is 11.4 Å². The van der Waals surface area contributed by atoms with Gasteiger partial charge in [0.1, 0.15) is 5.71 Å². The number of hydrogen-bond donors (Lipinski definition) is 1. The molecular formula is C18H12N2O.